The van der Waals surface area contributed by atoms with E-state index in [1.807, 2.05) is 50.3 Å². The van der Waals surface area contributed by atoms with Gasteiger partial charge < -0.3 is 19.8 Å². The van der Waals surface area contributed by atoms with E-state index in [-0.39, 0.29) is 23.5 Å². The van der Waals surface area contributed by atoms with Crippen LogP contribution in [0, 0.1) is 11.3 Å². The molecule has 1 aromatic carbocycles. The van der Waals surface area contributed by atoms with E-state index in [1.54, 1.807) is 0 Å². The lowest BCUT2D eigenvalue weighted by atomic mass is 9.50. The predicted molar refractivity (Wildman–Crippen MR) is 121 cm³/mol. The van der Waals surface area contributed by atoms with Gasteiger partial charge in [-0.05, 0) is 51.4 Å². The first-order chi connectivity index (χ1) is 15.2. The van der Waals surface area contributed by atoms with Crippen molar-refractivity contribution in [3.8, 4) is 0 Å². The normalized spacial score (nSPS) is 40.0. The number of nitrogens with zero attached hydrogens (tertiary/aromatic N) is 1. The zero-order valence-corrected chi connectivity index (χ0v) is 18.9. The second-order valence-corrected chi connectivity index (χ2v) is 10.8. The minimum atomic E-state index is -1.73. The first-order valence-corrected chi connectivity index (χ1v) is 11.7. The minimum Gasteiger partial charge on any atom is -0.487 e. The summed E-state index contributed by atoms with van der Waals surface area (Å²) >= 11 is 0. The molecule has 2 aliphatic heterocycles. The van der Waals surface area contributed by atoms with Gasteiger partial charge in [0.05, 0.1) is 5.41 Å². The van der Waals surface area contributed by atoms with Crippen molar-refractivity contribution < 1.29 is 19.7 Å². The Morgan fingerprint density at radius 2 is 1.97 bits per heavy atom. The lowest BCUT2D eigenvalue weighted by Gasteiger charge is -2.58. The molecular formula is C27H31NO4. The average molecular weight is 434 g/mol. The van der Waals surface area contributed by atoms with Crippen molar-refractivity contribution in [2.24, 2.45) is 11.3 Å². The number of likely N-dealkylation sites (tertiary alicyclic amines) is 1. The predicted octanol–water partition coefficient (Wildman–Crippen LogP) is 2.89. The number of benzene rings is 1. The highest BCUT2D eigenvalue weighted by molar-refractivity contribution is 5.99. The molecule has 2 fully saturated rings. The third kappa shape index (κ3) is 2.32. The number of piperidine rings is 1. The van der Waals surface area contributed by atoms with Crippen molar-refractivity contribution in [2.45, 2.75) is 62.4 Å². The van der Waals surface area contributed by atoms with Gasteiger partial charge in [-0.2, -0.15) is 0 Å². The molecule has 1 aromatic rings. The van der Waals surface area contributed by atoms with Crippen LogP contribution in [0.15, 0.2) is 65.5 Å². The van der Waals surface area contributed by atoms with Crippen molar-refractivity contribution in [3.63, 3.8) is 0 Å². The summed E-state index contributed by atoms with van der Waals surface area (Å²) in [5.41, 5.74) is 0.0688. The molecular weight excluding hydrogens is 402 g/mol. The molecule has 1 unspecified atom stereocenters. The van der Waals surface area contributed by atoms with Crippen molar-refractivity contribution >= 4 is 5.78 Å². The van der Waals surface area contributed by atoms with Crippen molar-refractivity contribution in [3.05, 3.63) is 71.0 Å². The van der Waals surface area contributed by atoms with Crippen LogP contribution in [-0.2, 0) is 14.9 Å². The number of aliphatic hydroxyl groups is 2. The summed E-state index contributed by atoms with van der Waals surface area (Å²) in [4.78, 5) is 16.4. The molecule has 1 spiro atoms. The number of carbonyl (C=O) groups is 1. The summed E-state index contributed by atoms with van der Waals surface area (Å²) < 4.78 is 6.49. The summed E-state index contributed by atoms with van der Waals surface area (Å²) in [7, 11) is 2.17. The van der Waals surface area contributed by atoms with Crippen LogP contribution in [0.3, 0.4) is 0 Å². The quantitative estimate of drug-likeness (QED) is 0.718. The van der Waals surface area contributed by atoms with Crippen LogP contribution >= 0.6 is 0 Å². The van der Waals surface area contributed by atoms with E-state index < -0.39 is 23.2 Å². The number of hydrogen-bond donors (Lipinski definition) is 2. The summed E-state index contributed by atoms with van der Waals surface area (Å²) in [5.74, 6) is 0.363. The first-order valence-electron chi connectivity index (χ1n) is 11.7. The molecule has 5 aliphatic rings. The number of hydrogen-bond acceptors (Lipinski definition) is 5. The molecule has 0 radical (unpaired) electrons. The molecule has 5 nitrogen and oxygen atoms in total. The number of ketones is 1. The summed E-state index contributed by atoms with van der Waals surface area (Å²) in [6, 6.07) is 9.97. The third-order valence-corrected chi connectivity index (χ3v) is 8.93. The van der Waals surface area contributed by atoms with E-state index in [9.17, 15) is 15.0 Å². The molecule has 32 heavy (non-hydrogen) atoms. The van der Waals surface area contributed by atoms with E-state index in [0.29, 0.717) is 11.8 Å². The zero-order chi connectivity index (χ0) is 22.5. The van der Waals surface area contributed by atoms with Crippen LogP contribution < -0.4 is 0 Å². The van der Waals surface area contributed by atoms with Gasteiger partial charge >= 0.3 is 0 Å². The Kier molecular flexibility index (Phi) is 4.10. The van der Waals surface area contributed by atoms with Gasteiger partial charge in [-0.25, -0.2) is 0 Å². The maximum absolute atomic E-state index is 14.0. The summed E-state index contributed by atoms with van der Waals surface area (Å²) in [6.45, 7) is 4.66. The van der Waals surface area contributed by atoms with Gasteiger partial charge in [0.2, 0.25) is 0 Å². The highest BCUT2D eigenvalue weighted by atomic mass is 16.5. The van der Waals surface area contributed by atoms with Crippen LogP contribution in [0.2, 0.25) is 0 Å². The number of aliphatic hydroxyl groups excluding tert-OH is 1. The molecule has 6 rings (SSSR count). The van der Waals surface area contributed by atoms with Gasteiger partial charge in [-0.1, -0.05) is 48.6 Å². The highest BCUT2D eigenvalue weighted by Crippen LogP contribution is 2.66. The Hall–Kier alpha value is -2.21. The Bertz CT molecular complexity index is 1090. The largest absolute Gasteiger partial charge is 0.487 e. The van der Waals surface area contributed by atoms with E-state index in [0.717, 1.165) is 30.5 Å². The van der Waals surface area contributed by atoms with Crippen molar-refractivity contribution in [2.75, 3.05) is 13.6 Å². The van der Waals surface area contributed by atoms with Gasteiger partial charge in [0.25, 0.3) is 0 Å². The molecule has 3 aliphatic carbocycles. The fourth-order valence-electron chi connectivity index (χ4n) is 7.20. The van der Waals surface area contributed by atoms with Crippen LogP contribution in [-0.4, -0.2) is 58.3 Å². The van der Waals surface area contributed by atoms with Gasteiger partial charge in [0.15, 0.2) is 11.4 Å². The Morgan fingerprint density at radius 3 is 2.72 bits per heavy atom. The molecule has 168 valence electrons. The van der Waals surface area contributed by atoms with Crippen LogP contribution in [0.4, 0.5) is 0 Å². The monoisotopic (exact) mass is 433 g/mol. The van der Waals surface area contributed by atoms with E-state index in [1.165, 1.54) is 5.57 Å². The molecule has 0 aromatic heterocycles. The van der Waals surface area contributed by atoms with Crippen LogP contribution in [0.1, 0.15) is 38.7 Å². The van der Waals surface area contributed by atoms with Crippen LogP contribution in [0.25, 0.3) is 0 Å². The van der Waals surface area contributed by atoms with E-state index in [4.69, 9.17) is 4.74 Å². The Labute approximate surface area is 189 Å². The second-order valence-electron chi connectivity index (χ2n) is 10.8. The number of Topliss-reactive ketones (excluding diaryl/α,β-unsaturated/α-hetero) is 1. The standard InChI is InChI=1S/C27H31NO4/c1-25(2,17-7-5-4-6-8-17)24(30)27(31)12-11-16-15-19-18-9-10-20(29)22-26(18,13-14-28(19)3)21(16)23(27)32-22/h4-11,18-20,22,29,31H,12-15H2,1-3H3/t18-,19+,20-,22-,26-,27?/m0/s1. The van der Waals surface area contributed by atoms with Gasteiger partial charge in [0.1, 0.15) is 18.0 Å². The SMILES string of the molecule is CN1CC[C@]23C4=C5O[C@H]2[C@@H](O)C=C[C@H]3[C@H]1CC4=CCC5(O)C(=O)C(C)(C)c1ccccc1. The molecule has 1 saturated heterocycles. The second kappa shape index (κ2) is 6.43. The van der Waals surface area contributed by atoms with Gasteiger partial charge in [-0.15, -0.1) is 0 Å². The molecule has 2 N–H and O–H groups in total. The molecule has 6 atom stereocenters. The Morgan fingerprint density at radius 1 is 1.22 bits per heavy atom. The molecule has 5 heteroatoms. The molecule has 2 heterocycles. The zero-order valence-electron chi connectivity index (χ0n) is 18.9. The number of ether oxygens (including phenoxy) is 1. The Balaban J connectivity index is 1.50. The van der Waals surface area contributed by atoms with Crippen LogP contribution in [0.5, 0.6) is 0 Å². The van der Waals surface area contributed by atoms with E-state index >= 15 is 0 Å². The van der Waals surface area contributed by atoms with Gasteiger partial charge in [-0.3, -0.25) is 4.79 Å². The molecule has 2 bridgehead atoms. The van der Waals surface area contributed by atoms with Crippen molar-refractivity contribution in [1.82, 2.24) is 4.90 Å². The molecule has 1 saturated carbocycles. The highest BCUT2D eigenvalue weighted by Gasteiger charge is 2.68. The summed E-state index contributed by atoms with van der Waals surface area (Å²) in [5, 5.41) is 23.0. The maximum atomic E-state index is 14.0. The fourth-order valence-corrected chi connectivity index (χ4v) is 7.20. The first kappa shape index (κ1) is 20.4. The fraction of sp³-hybridized carbons (Fsp3) is 0.519. The van der Waals surface area contributed by atoms with Crippen molar-refractivity contribution in [1.29, 1.82) is 0 Å². The minimum absolute atomic E-state index is 0.207. The lowest BCUT2D eigenvalue weighted by Crippen LogP contribution is -2.62. The lowest BCUT2D eigenvalue weighted by molar-refractivity contribution is -0.145. The number of carbonyl (C=O) groups excluding carboxylic acids is 1. The van der Waals surface area contributed by atoms with E-state index in [2.05, 4.69) is 24.1 Å². The number of rotatable bonds is 3. The van der Waals surface area contributed by atoms with Gasteiger partial charge in [0, 0.05) is 29.4 Å². The topological polar surface area (TPSA) is 70.0 Å². The average Bonchev–Trinajstić information content (AvgIpc) is 3.15. The maximum Gasteiger partial charge on any atom is 0.184 e. The smallest absolute Gasteiger partial charge is 0.184 e. The molecule has 0 amide bonds. The third-order valence-electron chi connectivity index (χ3n) is 8.93. The summed E-state index contributed by atoms with van der Waals surface area (Å²) in [6.07, 6.45) is 6.80.